The van der Waals surface area contributed by atoms with Gasteiger partial charge in [-0.15, -0.1) is 0 Å². The highest BCUT2D eigenvalue weighted by atomic mass is 16.5. The summed E-state index contributed by atoms with van der Waals surface area (Å²) in [5.41, 5.74) is 10.3. The van der Waals surface area contributed by atoms with Gasteiger partial charge in [-0.3, -0.25) is 4.98 Å². The number of aromatic nitrogens is 1. The number of nitrogens with zero attached hydrogens (tertiary/aromatic N) is 1. The predicted molar refractivity (Wildman–Crippen MR) is 123 cm³/mol. The molecule has 0 atom stereocenters. The Bertz CT molecular complexity index is 1120. The fraction of sp³-hybridized carbons (Fsp3) is 0.360. The van der Waals surface area contributed by atoms with Crippen molar-refractivity contribution in [1.29, 1.82) is 0 Å². The molecule has 1 aromatic heterocycles. The molecule has 0 radical (unpaired) electrons. The molecule has 2 aromatic carbocycles. The molecule has 3 rings (SSSR count). The van der Waals surface area contributed by atoms with Crippen molar-refractivity contribution >= 4 is 16.9 Å². The van der Waals surface area contributed by atoms with Gasteiger partial charge in [0, 0.05) is 16.5 Å². The lowest BCUT2D eigenvalue weighted by atomic mass is 9.86. The minimum atomic E-state index is -0.476. The van der Waals surface area contributed by atoms with Gasteiger partial charge in [0.2, 0.25) is 0 Å². The fourth-order valence-corrected chi connectivity index (χ4v) is 3.86. The Kier molecular flexibility index (Phi) is 6.51. The van der Waals surface area contributed by atoms with Crippen LogP contribution in [0.4, 0.5) is 0 Å². The summed E-state index contributed by atoms with van der Waals surface area (Å²) in [6.45, 7) is 7.83. The molecule has 0 saturated heterocycles. The van der Waals surface area contributed by atoms with Gasteiger partial charge >= 0.3 is 5.97 Å². The summed E-state index contributed by atoms with van der Waals surface area (Å²) in [4.78, 5) is 17.7. The van der Waals surface area contributed by atoms with Crippen molar-refractivity contribution in [1.82, 2.24) is 4.98 Å². The maximum absolute atomic E-state index is 13.0. The van der Waals surface area contributed by atoms with Crippen LogP contribution in [0.25, 0.3) is 22.0 Å². The molecule has 1 heterocycles. The number of hydrogen-bond acceptors (Lipinski definition) is 6. The number of esters is 1. The molecule has 2 N–H and O–H groups in total. The van der Waals surface area contributed by atoms with Gasteiger partial charge in [-0.05, 0) is 63.4 Å². The van der Waals surface area contributed by atoms with Gasteiger partial charge in [-0.2, -0.15) is 0 Å². The first-order valence-electron chi connectivity index (χ1n) is 10.3. The van der Waals surface area contributed by atoms with Crippen molar-refractivity contribution in [3.05, 3.63) is 53.2 Å². The molecule has 0 aliphatic rings. The number of ether oxygens (including phenoxy) is 3. The summed E-state index contributed by atoms with van der Waals surface area (Å²) in [5, 5.41) is 0.861. The molecular weight excluding hydrogens is 392 g/mol. The number of fused-ring (bicyclic) bond motifs is 1. The molecule has 6 heteroatoms. The van der Waals surface area contributed by atoms with Gasteiger partial charge in [-0.1, -0.05) is 18.2 Å². The van der Waals surface area contributed by atoms with Crippen LogP contribution in [0.15, 0.2) is 36.4 Å². The minimum absolute atomic E-state index is 0.277. The number of methoxy groups -OCH3 is 2. The molecular formula is C25H30N2O4. The van der Waals surface area contributed by atoms with Gasteiger partial charge in [0.25, 0.3) is 0 Å². The van der Waals surface area contributed by atoms with Crippen molar-refractivity contribution in [2.75, 3.05) is 20.8 Å². The highest BCUT2D eigenvalue weighted by molar-refractivity contribution is 6.08. The van der Waals surface area contributed by atoms with Crippen LogP contribution in [-0.4, -0.2) is 37.3 Å². The fourth-order valence-electron chi connectivity index (χ4n) is 3.86. The lowest BCUT2D eigenvalue weighted by Gasteiger charge is -2.24. The second-order valence-corrected chi connectivity index (χ2v) is 8.21. The number of para-hydroxylation sites is 1. The van der Waals surface area contributed by atoms with E-state index in [1.54, 1.807) is 21.1 Å². The van der Waals surface area contributed by atoms with E-state index in [1.807, 2.05) is 57.2 Å². The third kappa shape index (κ3) is 4.64. The Balaban J connectivity index is 2.46. The second-order valence-electron chi connectivity index (χ2n) is 8.21. The van der Waals surface area contributed by atoms with Crippen molar-refractivity contribution < 1.29 is 19.0 Å². The molecule has 6 nitrogen and oxygen atoms in total. The molecule has 3 aromatic rings. The normalized spacial score (nSPS) is 11.5. The molecule has 0 fully saturated rings. The van der Waals surface area contributed by atoms with Crippen LogP contribution in [-0.2, 0) is 11.2 Å². The summed E-state index contributed by atoms with van der Waals surface area (Å²) in [6.07, 6.45) is 0.570. The van der Waals surface area contributed by atoms with Crippen LogP contribution < -0.4 is 15.2 Å². The third-order valence-electron chi connectivity index (χ3n) is 5.08. The number of pyridine rings is 1. The summed E-state index contributed by atoms with van der Waals surface area (Å²) in [6, 6.07) is 11.6. The second kappa shape index (κ2) is 8.94. The highest BCUT2D eigenvalue weighted by Crippen LogP contribution is 2.41. The summed E-state index contributed by atoms with van der Waals surface area (Å²) >= 11 is 0. The van der Waals surface area contributed by atoms with Gasteiger partial charge in [0.15, 0.2) is 11.5 Å². The van der Waals surface area contributed by atoms with Crippen molar-refractivity contribution in [2.24, 2.45) is 5.73 Å². The van der Waals surface area contributed by atoms with Gasteiger partial charge in [0.05, 0.1) is 37.6 Å². The molecule has 0 amide bonds. The van der Waals surface area contributed by atoms with Crippen LogP contribution >= 0.6 is 0 Å². The number of aryl methyl sites for hydroxylation is 1. The third-order valence-corrected chi connectivity index (χ3v) is 5.08. The smallest absolute Gasteiger partial charge is 0.340 e. The Morgan fingerprint density at radius 1 is 1.10 bits per heavy atom. The average molecular weight is 423 g/mol. The Labute approximate surface area is 183 Å². The molecule has 0 aliphatic heterocycles. The average Bonchev–Trinajstić information content (AvgIpc) is 2.71. The minimum Gasteiger partial charge on any atom is -0.493 e. The van der Waals surface area contributed by atoms with Crippen molar-refractivity contribution in [3.8, 4) is 22.6 Å². The number of rotatable bonds is 7. The molecule has 0 saturated carbocycles. The maximum atomic E-state index is 13.0. The number of benzene rings is 2. The lowest BCUT2D eigenvalue weighted by Crippen LogP contribution is -2.34. The molecule has 0 bridgehead atoms. The van der Waals surface area contributed by atoms with Crippen LogP contribution in [0.3, 0.4) is 0 Å². The standard InChI is InChI=1S/C25H30N2O4/c1-7-31-24(28)22-15(2)27-19-11-9-8-10-17(19)23(22)18-13-21(30-6)20(29-5)12-16(18)14-25(3,4)26/h8-13H,7,14,26H2,1-6H3. The molecule has 0 aliphatic carbocycles. The number of hydrogen-bond donors (Lipinski definition) is 1. The van der Waals surface area contributed by atoms with E-state index in [0.29, 0.717) is 29.2 Å². The van der Waals surface area contributed by atoms with Crippen LogP contribution in [0.5, 0.6) is 11.5 Å². The van der Waals surface area contributed by atoms with E-state index in [-0.39, 0.29) is 6.61 Å². The highest BCUT2D eigenvalue weighted by Gasteiger charge is 2.26. The Morgan fingerprint density at radius 3 is 2.35 bits per heavy atom. The van der Waals surface area contributed by atoms with Gasteiger partial charge < -0.3 is 19.9 Å². The number of carbonyl (C=O) groups excluding carboxylic acids is 1. The predicted octanol–water partition coefficient (Wildman–Crippen LogP) is 4.68. The molecule has 0 unspecified atom stereocenters. The molecule has 164 valence electrons. The molecule has 0 spiro atoms. The van der Waals surface area contributed by atoms with Crippen molar-refractivity contribution in [2.45, 2.75) is 39.7 Å². The van der Waals surface area contributed by atoms with E-state index < -0.39 is 11.5 Å². The van der Waals surface area contributed by atoms with Crippen LogP contribution in [0.1, 0.15) is 42.4 Å². The maximum Gasteiger partial charge on any atom is 0.340 e. The van der Waals surface area contributed by atoms with E-state index in [0.717, 1.165) is 27.6 Å². The number of carbonyl (C=O) groups is 1. The number of nitrogens with two attached hydrogens (primary N) is 1. The van der Waals surface area contributed by atoms with E-state index in [1.165, 1.54) is 0 Å². The van der Waals surface area contributed by atoms with Crippen molar-refractivity contribution in [3.63, 3.8) is 0 Å². The first kappa shape index (κ1) is 22.6. The zero-order valence-corrected chi connectivity index (χ0v) is 19.0. The zero-order valence-electron chi connectivity index (χ0n) is 19.0. The van der Waals surface area contributed by atoms with Gasteiger partial charge in [0.1, 0.15) is 0 Å². The van der Waals surface area contributed by atoms with E-state index in [4.69, 9.17) is 19.9 Å². The quantitative estimate of drug-likeness (QED) is 0.557. The van der Waals surface area contributed by atoms with E-state index >= 15 is 0 Å². The SMILES string of the molecule is CCOC(=O)c1c(C)nc2ccccc2c1-c1cc(OC)c(OC)cc1CC(C)(C)N. The van der Waals surface area contributed by atoms with Crippen LogP contribution in [0, 0.1) is 6.92 Å². The Hall–Kier alpha value is -3.12. The van der Waals surface area contributed by atoms with E-state index in [9.17, 15) is 4.79 Å². The zero-order chi connectivity index (χ0) is 22.8. The van der Waals surface area contributed by atoms with Gasteiger partial charge in [-0.25, -0.2) is 4.79 Å². The first-order valence-corrected chi connectivity index (χ1v) is 10.3. The van der Waals surface area contributed by atoms with Crippen LogP contribution in [0.2, 0.25) is 0 Å². The monoisotopic (exact) mass is 422 g/mol. The Morgan fingerprint density at radius 2 is 1.74 bits per heavy atom. The summed E-state index contributed by atoms with van der Waals surface area (Å²) in [7, 11) is 3.20. The summed E-state index contributed by atoms with van der Waals surface area (Å²) < 4.78 is 16.5. The topological polar surface area (TPSA) is 83.7 Å². The molecule has 31 heavy (non-hydrogen) atoms. The lowest BCUT2D eigenvalue weighted by molar-refractivity contribution is 0.0526. The van der Waals surface area contributed by atoms with E-state index in [2.05, 4.69) is 4.98 Å². The largest absolute Gasteiger partial charge is 0.493 e. The summed E-state index contributed by atoms with van der Waals surface area (Å²) in [5.74, 6) is 0.781. The first-order chi connectivity index (χ1) is 14.7.